The summed E-state index contributed by atoms with van der Waals surface area (Å²) in [7, 11) is 0. The standard InChI is InChI=1S/C14H15Cl2NO3.Na/c15-8-5-9(16)7-10(6-8)17-13(18)11-3-1-2-4-12(11)14(19)20;/h5-7,11-12H,1-4H2,(H,17,18)(H,19,20);/q;+1/p-1/t11-,12+;/m1./s1. The van der Waals surface area contributed by atoms with Gasteiger partial charge in [-0.3, -0.25) is 4.79 Å². The third-order valence-corrected chi connectivity index (χ3v) is 3.97. The minimum atomic E-state index is -1.16. The van der Waals surface area contributed by atoms with E-state index in [1.54, 1.807) is 18.2 Å². The molecule has 108 valence electrons. The largest absolute Gasteiger partial charge is 1.00 e. The Hall–Kier alpha value is -0.260. The molecule has 2 rings (SSSR count). The van der Waals surface area contributed by atoms with Gasteiger partial charge in [0.05, 0.1) is 0 Å². The average Bonchev–Trinajstić information content (AvgIpc) is 2.37. The Morgan fingerprint density at radius 1 is 1.05 bits per heavy atom. The first kappa shape index (κ1) is 18.8. The molecule has 1 aromatic carbocycles. The maximum atomic E-state index is 12.2. The van der Waals surface area contributed by atoms with E-state index in [2.05, 4.69) is 5.32 Å². The zero-order chi connectivity index (χ0) is 14.7. The van der Waals surface area contributed by atoms with E-state index < -0.39 is 17.8 Å². The topological polar surface area (TPSA) is 69.2 Å². The number of amides is 1. The quantitative estimate of drug-likeness (QED) is 0.755. The van der Waals surface area contributed by atoms with E-state index in [0.717, 1.165) is 12.8 Å². The summed E-state index contributed by atoms with van der Waals surface area (Å²) in [4.78, 5) is 23.3. The molecule has 4 nitrogen and oxygen atoms in total. The van der Waals surface area contributed by atoms with Crippen LogP contribution in [0.4, 0.5) is 5.69 Å². The van der Waals surface area contributed by atoms with Crippen molar-refractivity contribution in [3.8, 4) is 0 Å². The summed E-state index contributed by atoms with van der Waals surface area (Å²) in [5.74, 6) is -2.77. The van der Waals surface area contributed by atoms with Crippen LogP contribution in [-0.4, -0.2) is 11.9 Å². The number of rotatable bonds is 3. The number of nitrogens with one attached hydrogen (secondary N) is 1. The Bertz CT molecular complexity index is 519. The van der Waals surface area contributed by atoms with Gasteiger partial charge in [0.1, 0.15) is 0 Å². The van der Waals surface area contributed by atoms with Crippen molar-refractivity contribution in [2.45, 2.75) is 25.7 Å². The van der Waals surface area contributed by atoms with Crippen LogP contribution >= 0.6 is 23.2 Å². The van der Waals surface area contributed by atoms with Crippen LogP contribution in [0.15, 0.2) is 18.2 Å². The number of carbonyl (C=O) groups excluding carboxylic acids is 2. The second-order valence-electron chi connectivity index (χ2n) is 4.96. The first-order valence-electron chi connectivity index (χ1n) is 6.45. The van der Waals surface area contributed by atoms with Gasteiger partial charge in [-0.1, -0.05) is 36.0 Å². The number of anilines is 1. The van der Waals surface area contributed by atoms with Crippen molar-refractivity contribution in [2.24, 2.45) is 11.8 Å². The zero-order valence-corrected chi connectivity index (χ0v) is 15.2. The fourth-order valence-corrected chi connectivity index (χ4v) is 3.11. The molecule has 0 radical (unpaired) electrons. The van der Waals surface area contributed by atoms with Crippen LogP contribution in [0, 0.1) is 11.8 Å². The van der Waals surface area contributed by atoms with Gasteiger partial charge in [-0.15, -0.1) is 0 Å². The molecule has 0 aliphatic heterocycles. The smallest absolute Gasteiger partial charge is 0.550 e. The van der Waals surface area contributed by atoms with E-state index in [4.69, 9.17) is 23.2 Å². The Morgan fingerprint density at radius 2 is 1.57 bits per heavy atom. The van der Waals surface area contributed by atoms with Crippen LogP contribution in [0.2, 0.25) is 10.0 Å². The minimum absolute atomic E-state index is 0. The molecular weight excluding hydrogens is 324 g/mol. The van der Waals surface area contributed by atoms with Crippen molar-refractivity contribution in [1.82, 2.24) is 0 Å². The molecule has 1 N–H and O–H groups in total. The van der Waals surface area contributed by atoms with E-state index in [-0.39, 0.29) is 35.5 Å². The monoisotopic (exact) mass is 337 g/mol. The molecule has 0 heterocycles. The molecule has 1 amide bonds. The van der Waals surface area contributed by atoms with Gasteiger partial charge < -0.3 is 15.2 Å². The van der Waals surface area contributed by atoms with Crippen molar-refractivity contribution in [3.63, 3.8) is 0 Å². The number of aliphatic carboxylic acids is 1. The molecule has 0 saturated heterocycles. The summed E-state index contributed by atoms with van der Waals surface area (Å²) in [5, 5.41) is 14.6. The summed E-state index contributed by atoms with van der Waals surface area (Å²) in [6, 6.07) is 4.70. The van der Waals surface area contributed by atoms with Gasteiger partial charge in [0.2, 0.25) is 5.91 Å². The summed E-state index contributed by atoms with van der Waals surface area (Å²) in [6.07, 6.45) is 2.69. The van der Waals surface area contributed by atoms with Crippen LogP contribution in [-0.2, 0) is 9.59 Å². The molecule has 1 fully saturated rings. The van der Waals surface area contributed by atoms with Crippen molar-refractivity contribution < 1.29 is 44.3 Å². The molecule has 1 aromatic rings. The molecule has 0 bridgehead atoms. The van der Waals surface area contributed by atoms with Crippen LogP contribution in [0.25, 0.3) is 0 Å². The molecule has 21 heavy (non-hydrogen) atoms. The van der Waals surface area contributed by atoms with Gasteiger partial charge in [0.15, 0.2) is 0 Å². The second-order valence-corrected chi connectivity index (χ2v) is 5.84. The average molecular weight is 338 g/mol. The van der Waals surface area contributed by atoms with Crippen molar-refractivity contribution >= 4 is 40.8 Å². The molecule has 2 atom stereocenters. The van der Waals surface area contributed by atoms with Gasteiger partial charge >= 0.3 is 29.6 Å². The molecule has 0 unspecified atom stereocenters. The molecule has 0 aromatic heterocycles. The summed E-state index contributed by atoms with van der Waals surface area (Å²) < 4.78 is 0. The Balaban J connectivity index is 0.00000220. The maximum Gasteiger partial charge on any atom is 1.00 e. The Morgan fingerprint density at radius 3 is 2.10 bits per heavy atom. The Kier molecular flexibility index (Phi) is 7.51. The number of halogens is 2. The second kappa shape index (κ2) is 8.39. The normalized spacial score (nSPS) is 21.2. The molecule has 0 spiro atoms. The SMILES string of the molecule is O=C([O-])[C@H]1CCCC[C@H]1C(=O)Nc1cc(Cl)cc(Cl)c1.[Na+]. The van der Waals surface area contributed by atoms with E-state index in [0.29, 0.717) is 28.6 Å². The number of carbonyl (C=O) groups is 2. The molecular formula is C14H14Cl2NNaO3. The predicted octanol–water partition coefficient (Wildman–Crippen LogP) is -0.508. The van der Waals surface area contributed by atoms with E-state index >= 15 is 0 Å². The number of carboxylic acid groups (broad SMARTS) is 1. The number of carboxylic acids is 1. The van der Waals surface area contributed by atoms with Crippen molar-refractivity contribution in [2.75, 3.05) is 5.32 Å². The van der Waals surface area contributed by atoms with Gasteiger partial charge in [0.25, 0.3) is 0 Å². The van der Waals surface area contributed by atoms with Gasteiger partial charge in [-0.25, -0.2) is 0 Å². The summed E-state index contributed by atoms with van der Waals surface area (Å²) >= 11 is 11.7. The van der Waals surface area contributed by atoms with Crippen molar-refractivity contribution in [1.29, 1.82) is 0 Å². The number of benzene rings is 1. The van der Waals surface area contributed by atoms with Gasteiger partial charge in [0, 0.05) is 33.5 Å². The Labute approximate surface area is 155 Å². The van der Waals surface area contributed by atoms with Gasteiger partial charge in [-0.2, -0.15) is 0 Å². The maximum absolute atomic E-state index is 12.2. The van der Waals surface area contributed by atoms with Crippen LogP contribution in [0.3, 0.4) is 0 Å². The van der Waals surface area contributed by atoms with E-state index in [9.17, 15) is 14.7 Å². The molecule has 1 aliphatic carbocycles. The van der Waals surface area contributed by atoms with E-state index in [1.807, 2.05) is 0 Å². The fourth-order valence-electron chi connectivity index (χ4n) is 2.59. The number of hydrogen-bond acceptors (Lipinski definition) is 3. The zero-order valence-electron chi connectivity index (χ0n) is 11.7. The van der Waals surface area contributed by atoms with E-state index in [1.165, 1.54) is 0 Å². The molecule has 7 heteroatoms. The molecule has 1 aliphatic rings. The van der Waals surface area contributed by atoms with Gasteiger partial charge in [-0.05, 0) is 31.0 Å². The first-order valence-corrected chi connectivity index (χ1v) is 7.21. The summed E-state index contributed by atoms with van der Waals surface area (Å²) in [6.45, 7) is 0. The predicted molar refractivity (Wildman–Crippen MR) is 75.5 cm³/mol. The fraction of sp³-hybridized carbons (Fsp3) is 0.429. The van der Waals surface area contributed by atoms with Crippen LogP contribution in [0.1, 0.15) is 25.7 Å². The van der Waals surface area contributed by atoms with Crippen molar-refractivity contribution in [3.05, 3.63) is 28.2 Å². The third kappa shape index (κ3) is 5.15. The number of hydrogen-bond donors (Lipinski definition) is 1. The third-order valence-electron chi connectivity index (χ3n) is 3.54. The summed E-state index contributed by atoms with van der Waals surface area (Å²) in [5.41, 5.74) is 0.468. The van der Waals surface area contributed by atoms with Crippen LogP contribution in [0.5, 0.6) is 0 Å². The van der Waals surface area contributed by atoms with Crippen LogP contribution < -0.4 is 40.0 Å². The molecule has 1 saturated carbocycles. The minimum Gasteiger partial charge on any atom is -0.550 e. The first-order chi connectivity index (χ1) is 9.47.